The number of carbonyl (C=O) groups is 3. The van der Waals surface area contributed by atoms with E-state index in [1.807, 2.05) is 44.2 Å². The number of benzene rings is 1. The Morgan fingerprint density at radius 1 is 1.00 bits per heavy atom. The monoisotopic (exact) mass is 358 g/mol. The summed E-state index contributed by atoms with van der Waals surface area (Å²) < 4.78 is 0. The quantitative estimate of drug-likeness (QED) is 0.771. The Morgan fingerprint density at radius 2 is 1.68 bits per heavy atom. The lowest BCUT2D eigenvalue weighted by molar-refractivity contribution is -0.133. The lowest BCUT2D eigenvalue weighted by atomic mass is 10.2. The van der Waals surface area contributed by atoms with Crippen molar-refractivity contribution in [2.45, 2.75) is 26.7 Å². The molecule has 1 aromatic carbocycles. The van der Waals surface area contributed by atoms with Crippen LogP contribution in [-0.4, -0.2) is 36.1 Å². The predicted octanol–water partition coefficient (Wildman–Crippen LogP) is 3.42. The molecule has 0 fully saturated rings. The van der Waals surface area contributed by atoms with E-state index in [0.29, 0.717) is 10.6 Å². The van der Waals surface area contributed by atoms with E-state index in [4.69, 9.17) is 0 Å². The molecule has 0 spiro atoms. The molecule has 1 aromatic heterocycles. The van der Waals surface area contributed by atoms with Gasteiger partial charge in [-0.1, -0.05) is 17.7 Å². The van der Waals surface area contributed by atoms with Gasteiger partial charge in [0.2, 0.25) is 11.8 Å². The van der Waals surface area contributed by atoms with Crippen molar-refractivity contribution in [1.82, 2.24) is 4.90 Å². The molecule has 0 radical (unpaired) electrons. The Bertz CT molecular complexity index is 765. The van der Waals surface area contributed by atoms with E-state index in [-0.39, 0.29) is 37.0 Å². The molecule has 1 N–H and O–H groups in total. The number of nitrogens with zero attached hydrogens (tertiary/aromatic N) is 1. The third kappa shape index (κ3) is 5.83. The summed E-state index contributed by atoms with van der Waals surface area (Å²) in [6.07, 6.45) is 0.257. The van der Waals surface area contributed by atoms with Crippen molar-refractivity contribution in [1.29, 1.82) is 0 Å². The lowest BCUT2D eigenvalue weighted by Gasteiger charge is -2.16. The maximum absolute atomic E-state index is 12.1. The van der Waals surface area contributed by atoms with Gasteiger partial charge >= 0.3 is 0 Å². The Kier molecular flexibility index (Phi) is 6.47. The van der Waals surface area contributed by atoms with E-state index < -0.39 is 0 Å². The number of amides is 2. The van der Waals surface area contributed by atoms with Crippen LogP contribution in [0.15, 0.2) is 36.4 Å². The largest absolute Gasteiger partial charge is 0.336 e. The summed E-state index contributed by atoms with van der Waals surface area (Å²) in [5.74, 6) is -0.524. The van der Waals surface area contributed by atoms with E-state index >= 15 is 0 Å². The normalized spacial score (nSPS) is 10.4. The summed E-state index contributed by atoms with van der Waals surface area (Å²) in [7, 11) is 1.57. The van der Waals surface area contributed by atoms with Crippen molar-refractivity contribution in [3.63, 3.8) is 0 Å². The van der Waals surface area contributed by atoms with Crippen LogP contribution in [0.2, 0.25) is 0 Å². The number of ketones is 1. The molecule has 2 amide bonds. The SMILES string of the molecule is Cc1ccc(NC(=O)CN(C)C(=O)CCC(=O)c2ccc(C)s2)cc1. The fourth-order valence-corrected chi connectivity index (χ4v) is 3.09. The molecule has 2 aromatic rings. The van der Waals surface area contributed by atoms with E-state index in [9.17, 15) is 14.4 Å². The number of rotatable bonds is 7. The fourth-order valence-electron chi connectivity index (χ4n) is 2.26. The third-order valence-corrected chi connectivity index (χ3v) is 4.76. The molecule has 2 rings (SSSR count). The van der Waals surface area contributed by atoms with Crippen LogP contribution in [0, 0.1) is 13.8 Å². The van der Waals surface area contributed by atoms with Gasteiger partial charge < -0.3 is 10.2 Å². The molecular weight excluding hydrogens is 336 g/mol. The highest BCUT2D eigenvalue weighted by molar-refractivity contribution is 7.14. The molecule has 0 saturated heterocycles. The number of Topliss-reactive ketones (excluding diaryl/α,β-unsaturated/α-hetero) is 1. The average Bonchev–Trinajstić information content (AvgIpc) is 3.00. The van der Waals surface area contributed by atoms with Gasteiger partial charge in [-0.2, -0.15) is 0 Å². The van der Waals surface area contributed by atoms with Gasteiger partial charge in [-0.25, -0.2) is 0 Å². The number of likely N-dealkylation sites (N-methyl/N-ethyl adjacent to an activating group) is 1. The van der Waals surface area contributed by atoms with Crippen LogP contribution in [0.3, 0.4) is 0 Å². The predicted molar refractivity (Wildman–Crippen MR) is 100 cm³/mol. The maximum atomic E-state index is 12.1. The van der Waals surface area contributed by atoms with Gasteiger partial charge in [0.25, 0.3) is 0 Å². The smallest absolute Gasteiger partial charge is 0.243 e. The van der Waals surface area contributed by atoms with E-state index in [1.54, 1.807) is 13.1 Å². The highest BCUT2D eigenvalue weighted by atomic mass is 32.1. The van der Waals surface area contributed by atoms with Crippen molar-refractivity contribution >= 4 is 34.6 Å². The zero-order valence-corrected chi connectivity index (χ0v) is 15.5. The second-order valence-corrected chi connectivity index (χ2v) is 7.29. The zero-order valence-electron chi connectivity index (χ0n) is 14.7. The molecule has 5 nitrogen and oxygen atoms in total. The highest BCUT2D eigenvalue weighted by Crippen LogP contribution is 2.17. The number of thiophene rings is 1. The van der Waals surface area contributed by atoms with Crippen LogP contribution in [0.25, 0.3) is 0 Å². The first-order valence-electron chi connectivity index (χ1n) is 8.05. The number of hydrogen-bond donors (Lipinski definition) is 1. The van der Waals surface area contributed by atoms with Crippen molar-refractivity contribution < 1.29 is 14.4 Å². The first kappa shape index (κ1) is 18.9. The van der Waals surface area contributed by atoms with Crippen LogP contribution in [-0.2, 0) is 9.59 Å². The van der Waals surface area contributed by atoms with E-state index in [2.05, 4.69) is 5.32 Å². The minimum absolute atomic E-state index is 0.0380. The Morgan fingerprint density at radius 3 is 2.28 bits per heavy atom. The van der Waals surface area contributed by atoms with Crippen LogP contribution >= 0.6 is 11.3 Å². The molecule has 0 unspecified atom stereocenters. The summed E-state index contributed by atoms with van der Waals surface area (Å²) in [5, 5.41) is 2.75. The third-order valence-electron chi connectivity index (χ3n) is 3.72. The second-order valence-electron chi connectivity index (χ2n) is 6.00. The van der Waals surface area contributed by atoms with Gasteiger partial charge in [0, 0.05) is 30.5 Å². The molecule has 25 heavy (non-hydrogen) atoms. The summed E-state index contributed by atoms with van der Waals surface area (Å²) >= 11 is 1.43. The minimum atomic E-state index is -0.264. The standard InChI is InChI=1S/C19H22N2O3S/c1-13-4-7-15(8-5-13)20-18(23)12-21(3)19(24)11-9-16(22)17-10-6-14(2)25-17/h4-8,10H,9,11-12H2,1-3H3,(H,20,23). The number of anilines is 1. The molecule has 6 heteroatoms. The number of hydrogen-bond acceptors (Lipinski definition) is 4. The van der Waals surface area contributed by atoms with Crippen LogP contribution in [0.5, 0.6) is 0 Å². The molecule has 0 bridgehead atoms. The Hall–Kier alpha value is -2.47. The Balaban J connectivity index is 1.78. The number of nitrogens with one attached hydrogen (secondary N) is 1. The molecule has 1 heterocycles. The van der Waals surface area contributed by atoms with Crippen LogP contribution in [0.4, 0.5) is 5.69 Å². The molecule has 0 aliphatic carbocycles. The van der Waals surface area contributed by atoms with Gasteiger partial charge in [-0.15, -0.1) is 11.3 Å². The number of aryl methyl sites for hydroxylation is 2. The van der Waals surface area contributed by atoms with Crippen molar-refractivity contribution in [3.8, 4) is 0 Å². The summed E-state index contributed by atoms with van der Waals surface area (Å²) in [4.78, 5) is 39.2. The van der Waals surface area contributed by atoms with E-state index in [0.717, 1.165) is 10.4 Å². The average molecular weight is 358 g/mol. The molecule has 0 atom stereocenters. The first-order chi connectivity index (χ1) is 11.8. The zero-order chi connectivity index (χ0) is 18.4. The fraction of sp³-hybridized carbons (Fsp3) is 0.316. The van der Waals surface area contributed by atoms with E-state index in [1.165, 1.54) is 16.2 Å². The topological polar surface area (TPSA) is 66.5 Å². The Labute approximate surface area is 151 Å². The van der Waals surface area contributed by atoms with Crippen molar-refractivity contribution in [2.24, 2.45) is 0 Å². The summed E-state index contributed by atoms with van der Waals surface area (Å²) in [6, 6.07) is 11.1. The second kappa shape index (κ2) is 8.58. The summed E-state index contributed by atoms with van der Waals surface area (Å²) in [6.45, 7) is 3.86. The van der Waals surface area contributed by atoms with Gasteiger partial charge in [0.1, 0.15) is 0 Å². The maximum Gasteiger partial charge on any atom is 0.243 e. The summed E-state index contributed by atoms with van der Waals surface area (Å²) in [5.41, 5.74) is 1.80. The van der Waals surface area contributed by atoms with Gasteiger partial charge in [-0.3, -0.25) is 14.4 Å². The first-order valence-corrected chi connectivity index (χ1v) is 8.87. The van der Waals surface area contributed by atoms with Crippen LogP contribution in [0.1, 0.15) is 33.0 Å². The van der Waals surface area contributed by atoms with Crippen molar-refractivity contribution in [3.05, 3.63) is 51.7 Å². The molecular formula is C19H22N2O3S. The molecule has 0 saturated carbocycles. The van der Waals surface area contributed by atoms with Crippen molar-refractivity contribution in [2.75, 3.05) is 18.9 Å². The molecule has 132 valence electrons. The highest BCUT2D eigenvalue weighted by Gasteiger charge is 2.16. The van der Waals surface area contributed by atoms with Gasteiger partial charge in [0.05, 0.1) is 11.4 Å². The minimum Gasteiger partial charge on any atom is -0.336 e. The molecule has 0 aliphatic rings. The van der Waals surface area contributed by atoms with Crippen LogP contribution < -0.4 is 5.32 Å². The molecule has 0 aliphatic heterocycles. The van der Waals surface area contributed by atoms with Gasteiger partial charge in [-0.05, 0) is 38.1 Å². The van der Waals surface area contributed by atoms with Gasteiger partial charge in [0.15, 0.2) is 5.78 Å². The lowest BCUT2D eigenvalue weighted by Crippen LogP contribution is -2.35. The number of carbonyl (C=O) groups excluding carboxylic acids is 3.